The molecule has 446 valence electrons. The summed E-state index contributed by atoms with van der Waals surface area (Å²) in [4.78, 5) is 61.0. The number of alkyl halides is 1. The summed E-state index contributed by atoms with van der Waals surface area (Å²) in [5, 5.41) is 11.7. The number of hydrogen-bond acceptors (Lipinski definition) is 19. The number of sulfonamides is 2. The number of rotatable bonds is 22. The average Bonchev–Trinajstić information content (AvgIpc) is 1.71. The van der Waals surface area contributed by atoms with Gasteiger partial charge in [-0.3, -0.25) is 33.0 Å². The molecule has 0 aliphatic rings. The molecule has 2 atom stereocenters. The summed E-state index contributed by atoms with van der Waals surface area (Å²) in [6.07, 6.45) is 11.5. The number of methoxy groups -OCH3 is 6. The van der Waals surface area contributed by atoms with Crippen LogP contribution in [-0.4, -0.2) is 127 Å². The fraction of sp³-hybridized carbons (Fsp3) is 0.281. The summed E-state index contributed by atoms with van der Waals surface area (Å²) in [5.74, 6) is 4.20. The average molecular weight is 1370 g/mol. The molecule has 0 heterocycles. The Morgan fingerprint density at radius 3 is 1.40 bits per heavy atom. The summed E-state index contributed by atoms with van der Waals surface area (Å²) in [5.41, 5.74) is 2.10. The molecule has 0 saturated heterocycles. The summed E-state index contributed by atoms with van der Waals surface area (Å²) in [7, 11) is -0.159. The monoisotopic (exact) mass is 1360 g/mol. The van der Waals surface area contributed by atoms with Gasteiger partial charge in [-0.15, -0.1) is 12.8 Å². The molecule has 0 spiro atoms. The Labute approximate surface area is 600 Å². The van der Waals surface area contributed by atoms with Crippen LogP contribution in [0.1, 0.15) is 28.1 Å². The second-order valence-corrected chi connectivity index (χ2v) is 21.9. The van der Waals surface area contributed by atoms with Crippen molar-refractivity contribution < 1.29 is 184 Å². The predicted octanol–water partition coefficient (Wildman–Crippen LogP) is 2.06. The van der Waals surface area contributed by atoms with Gasteiger partial charge >= 0.3 is 127 Å². The van der Waals surface area contributed by atoms with E-state index in [4.69, 9.17) is 69.8 Å². The van der Waals surface area contributed by atoms with Crippen LogP contribution < -0.4 is 136 Å². The summed E-state index contributed by atoms with van der Waals surface area (Å²) in [6, 6.07) is 29.0. The number of terminal acetylenes is 2. The molecule has 0 unspecified atom stereocenters. The molecule has 0 aliphatic carbocycles. The second-order valence-electron chi connectivity index (χ2n) is 16.9. The Morgan fingerprint density at radius 1 is 0.624 bits per heavy atom. The van der Waals surface area contributed by atoms with Gasteiger partial charge in [-0.25, -0.2) is 16.8 Å². The van der Waals surface area contributed by atoms with Crippen molar-refractivity contribution in [1.82, 2.24) is 0 Å². The topological polar surface area (TPSA) is 263 Å². The number of nitrogens with zero attached hydrogens (tertiary/aromatic N) is 3. The van der Waals surface area contributed by atoms with Crippen molar-refractivity contribution in [3.8, 4) is 36.2 Å². The van der Waals surface area contributed by atoms with Crippen molar-refractivity contribution in [1.29, 1.82) is 0 Å². The molecular formula is C57H61BrCl2K2N4O17S2. The molecule has 0 saturated carbocycles. The van der Waals surface area contributed by atoms with Gasteiger partial charge in [0.15, 0.2) is 0 Å². The van der Waals surface area contributed by atoms with Gasteiger partial charge in [-0.1, -0.05) is 99.5 Å². The van der Waals surface area contributed by atoms with Crippen LogP contribution in [-0.2, 0) is 67.9 Å². The number of carbonyl (C=O) groups excluding carboxylic acids is 5. The summed E-state index contributed by atoms with van der Waals surface area (Å²) in [6.45, 7) is 3.41. The molecule has 0 aromatic heterocycles. The van der Waals surface area contributed by atoms with E-state index >= 15 is 0 Å². The Bertz CT molecular complexity index is 3560. The molecule has 0 bridgehead atoms. The molecule has 6 rings (SSSR count). The first-order chi connectivity index (χ1) is 39.5. The summed E-state index contributed by atoms with van der Waals surface area (Å²) < 4.78 is 86.5. The van der Waals surface area contributed by atoms with Gasteiger partial charge in [0.25, 0.3) is 26.5 Å². The number of halogens is 3. The van der Waals surface area contributed by atoms with Crippen LogP contribution in [0.2, 0.25) is 10.0 Å². The van der Waals surface area contributed by atoms with E-state index in [1.165, 1.54) is 79.1 Å². The first-order valence-electron chi connectivity index (χ1n) is 24.2. The standard InChI is InChI=1S/C28H29ClN2O7S.C25H25ClN2O5S.C3H5BrO2.CH2O3.2K.H/c1-6-15-30(19(2)16-27(32)37-4)24-12-13-25(22-10-8-7-9-21(22)24)31(18-28(33)38-5)39(34,35)20-11-14-26(36-3)23(29)17-20;1-5-14-28(17(2)15-25(29)33-4)23-12-11-22(19-8-6-7-9-20(19)23)27-34(30,31)18-10-13-24(32-3)21(26)16-18;1-6-3(5)2-4;2-1-4-3;;;/h1,7-14,17,19H,15-16,18H2,2-5H3;1,6-13,16-17,27H,14-15H2,2-4H3;2H2,1H3;1,3H;;;/q;;;;2*+1;-1/p-1/t19-;17-;;;;;/m00...../s1. The molecule has 6 aromatic rings. The van der Waals surface area contributed by atoms with Crippen molar-refractivity contribution in [2.75, 3.05) is 86.5 Å². The van der Waals surface area contributed by atoms with E-state index in [1.54, 1.807) is 42.5 Å². The van der Waals surface area contributed by atoms with Gasteiger partial charge < -0.3 is 49.8 Å². The van der Waals surface area contributed by atoms with Crippen molar-refractivity contribution in [2.24, 2.45) is 0 Å². The Kier molecular flexibility index (Phi) is 36.2. The number of anilines is 4. The zero-order valence-electron chi connectivity index (χ0n) is 49.3. The van der Waals surface area contributed by atoms with Crippen molar-refractivity contribution in [3.05, 3.63) is 119 Å². The van der Waals surface area contributed by atoms with E-state index in [9.17, 15) is 36.0 Å². The first-order valence-corrected chi connectivity index (χ1v) is 29.0. The molecule has 0 amide bonds. The van der Waals surface area contributed by atoms with Crippen LogP contribution in [0, 0.1) is 24.7 Å². The molecule has 0 radical (unpaired) electrons. The van der Waals surface area contributed by atoms with Crippen LogP contribution in [0.25, 0.3) is 21.5 Å². The van der Waals surface area contributed by atoms with Gasteiger partial charge in [-0.05, 0) is 74.5 Å². The van der Waals surface area contributed by atoms with Crippen LogP contribution in [0.5, 0.6) is 11.5 Å². The molecular weight excluding hydrogens is 1310 g/mol. The van der Waals surface area contributed by atoms with Crippen LogP contribution in [0.15, 0.2) is 119 Å². The van der Waals surface area contributed by atoms with E-state index in [-0.39, 0.29) is 197 Å². The van der Waals surface area contributed by atoms with Crippen LogP contribution in [0.3, 0.4) is 0 Å². The van der Waals surface area contributed by atoms with E-state index in [0.717, 1.165) is 15.4 Å². The number of nitrogens with one attached hydrogen (secondary N) is 1. The fourth-order valence-corrected chi connectivity index (χ4v) is 11.3. The third kappa shape index (κ3) is 22.4. The molecule has 1 N–H and O–H groups in total. The fourth-order valence-electron chi connectivity index (χ4n) is 7.87. The van der Waals surface area contributed by atoms with E-state index in [0.29, 0.717) is 39.0 Å². The Morgan fingerprint density at radius 2 is 1.01 bits per heavy atom. The van der Waals surface area contributed by atoms with Crippen LogP contribution in [0.4, 0.5) is 22.7 Å². The maximum absolute atomic E-state index is 13.9. The number of esters is 4. The molecule has 6 aromatic carbocycles. The molecule has 21 nitrogen and oxygen atoms in total. The SMILES string of the molecule is C#CCN(c1ccc(N(CC(=O)OC)S(=O)(=O)c2ccc(OC)c(Cl)c2)c2ccccc12)[C@@H](C)CC(=O)OC.C#CCN(c1ccc(NS(=O)(=O)c2ccc(OC)c(Cl)c2)c2ccccc12)[C@@H](C)CC(=O)OC.COC(=O)CBr.O=CO[O-].[H-].[K+].[K+]. The number of hydrogen-bond donors (Lipinski definition) is 1. The van der Waals surface area contributed by atoms with Crippen molar-refractivity contribution in [2.45, 2.75) is 48.6 Å². The van der Waals surface area contributed by atoms with Gasteiger partial charge in [0.05, 0.1) is 99.8 Å². The Hall–Kier alpha value is -4.70. The second kappa shape index (κ2) is 39.2. The van der Waals surface area contributed by atoms with Gasteiger partial charge in [0.2, 0.25) is 0 Å². The molecule has 0 fully saturated rings. The normalized spacial score (nSPS) is 11.0. The molecule has 28 heteroatoms. The Balaban J connectivity index is 0.00000141. The first kappa shape index (κ1) is 78.3. The maximum Gasteiger partial charge on any atom is 1.00 e. The predicted molar refractivity (Wildman–Crippen MR) is 320 cm³/mol. The molecule has 85 heavy (non-hydrogen) atoms. The number of fused-ring (bicyclic) bond motifs is 2. The quantitative estimate of drug-likeness (QED) is 0.0149. The number of benzene rings is 6. The minimum atomic E-state index is -4.29. The van der Waals surface area contributed by atoms with Crippen LogP contribution >= 0.6 is 39.1 Å². The van der Waals surface area contributed by atoms with E-state index < -0.39 is 32.6 Å². The zero-order valence-corrected chi connectivity index (χ0v) is 59.2. The third-order valence-electron chi connectivity index (χ3n) is 11.9. The van der Waals surface area contributed by atoms with E-state index in [1.807, 2.05) is 54.0 Å². The number of carbonyl (C=O) groups is 5. The summed E-state index contributed by atoms with van der Waals surface area (Å²) >= 11 is 15.2. The zero-order chi connectivity index (χ0) is 62.0. The van der Waals surface area contributed by atoms with Crippen molar-refractivity contribution in [3.63, 3.8) is 0 Å². The maximum atomic E-state index is 13.9. The van der Waals surface area contributed by atoms with Crippen molar-refractivity contribution >= 4 is 134 Å². The minimum absolute atomic E-state index is 0. The van der Waals surface area contributed by atoms with Gasteiger partial charge in [0.1, 0.15) is 23.4 Å². The molecule has 0 aliphatic heterocycles. The van der Waals surface area contributed by atoms with Gasteiger partial charge in [0, 0.05) is 45.0 Å². The third-order valence-corrected chi connectivity index (χ3v) is 16.1. The van der Waals surface area contributed by atoms with E-state index in [2.05, 4.69) is 42.1 Å². The smallest absolute Gasteiger partial charge is 1.00 e. The largest absolute Gasteiger partial charge is 1.00 e. The minimum Gasteiger partial charge on any atom is -1.00 e. The number of ether oxygens (including phenoxy) is 6. The van der Waals surface area contributed by atoms with Gasteiger partial charge in [-0.2, -0.15) is 0 Å².